The summed E-state index contributed by atoms with van der Waals surface area (Å²) in [6, 6.07) is 5.85. The van der Waals surface area contributed by atoms with Crippen LogP contribution in [0.25, 0.3) is 0 Å². The first kappa shape index (κ1) is 8.86. The standard InChI is InChI=1S/C9H7BrCl2/c10-7-4-6(7)5-1-2-8(11)9(12)3-5/h1-3,6-7H,4H2. The van der Waals surface area contributed by atoms with Gasteiger partial charge >= 0.3 is 0 Å². The molecule has 0 heterocycles. The van der Waals surface area contributed by atoms with Gasteiger partial charge in [-0.15, -0.1) is 0 Å². The highest BCUT2D eigenvalue weighted by atomic mass is 79.9. The van der Waals surface area contributed by atoms with Gasteiger partial charge in [-0.05, 0) is 30.0 Å². The van der Waals surface area contributed by atoms with Crippen molar-refractivity contribution in [3.63, 3.8) is 0 Å². The Bertz CT molecular complexity index is 311. The molecule has 2 rings (SSSR count). The summed E-state index contributed by atoms with van der Waals surface area (Å²) in [6.45, 7) is 0. The summed E-state index contributed by atoms with van der Waals surface area (Å²) in [5.41, 5.74) is 1.28. The van der Waals surface area contributed by atoms with E-state index in [0.717, 1.165) is 0 Å². The van der Waals surface area contributed by atoms with Gasteiger partial charge in [0.25, 0.3) is 0 Å². The van der Waals surface area contributed by atoms with Crippen LogP contribution in [0.2, 0.25) is 10.0 Å². The minimum atomic E-state index is 0.632. The lowest BCUT2D eigenvalue weighted by atomic mass is 10.1. The Kier molecular flexibility index (Phi) is 2.37. The van der Waals surface area contributed by atoms with E-state index in [1.165, 1.54) is 12.0 Å². The second-order valence-electron chi connectivity index (χ2n) is 3.03. The van der Waals surface area contributed by atoms with Crippen LogP contribution in [0.4, 0.5) is 0 Å². The van der Waals surface area contributed by atoms with Crippen LogP contribution in [0.15, 0.2) is 18.2 Å². The molecule has 0 aromatic heterocycles. The fraction of sp³-hybridized carbons (Fsp3) is 0.333. The Morgan fingerprint density at radius 3 is 2.42 bits per heavy atom. The zero-order valence-corrected chi connectivity index (χ0v) is 9.33. The minimum Gasteiger partial charge on any atom is -0.0884 e. The Balaban J connectivity index is 2.29. The Labute approximate surface area is 90.0 Å². The van der Waals surface area contributed by atoms with Crippen LogP contribution in [0.5, 0.6) is 0 Å². The lowest BCUT2D eigenvalue weighted by molar-refractivity contribution is 1.14. The van der Waals surface area contributed by atoms with E-state index in [0.29, 0.717) is 20.8 Å². The first-order valence-electron chi connectivity index (χ1n) is 3.77. The lowest BCUT2D eigenvalue weighted by Crippen LogP contribution is -1.81. The van der Waals surface area contributed by atoms with Gasteiger partial charge in [0.2, 0.25) is 0 Å². The molecule has 1 aromatic rings. The maximum Gasteiger partial charge on any atom is 0.0595 e. The van der Waals surface area contributed by atoms with Crippen molar-refractivity contribution in [2.45, 2.75) is 17.2 Å². The fourth-order valence-electron chi connectivity index (χ4n) is 1.25. The van der Waals surface area contributed by atoms with Gasteiger partial charge in [0.15, 0.2) is 0 Å². The Hall–Kier alpha value is 0.280. The molecule has 1 aliphatic rings. The molecule has 0 nitrogen and oxygen atoms in total. The molecule has 0 aliphatic heterocycles. The quantitative estimate of drug-likeness (QED) is 0.667. The highest BCUT2D eigenvalue weighted by Gasteiger charge is 2.35. The van der Waals surface area contributed by atoms with Crippen molar-refractivity contribution in [2.24, 2.45) is 0 Å². The average Bonchev–Trinajstić information content (AvgIpc) is 2.73. The van der Waals surface area contributed by atoms with Crippen LogP contribution in [-0.4, -0.2) is 4.83 Å². The lowest BCUT2D eigenvalue weighted by Gasteiger charge is -2.00. The van der Waals surface area contributed by atoms with E-state index in [4.69, 9.17) is 23.2 Å². The van der Waals surface area contributed by atoms with Crippen molar-refractivity contribution in [1.29, 1.82) is 0 Å². The van der Waals surface area contributed by atoms with Gasteiger partial charge in [-0.3, -0.25) is 0 Å². The van der Waals surface area contributed by atoms with Gasteiger partial charge < -0.3 is 0 Å². The molecule has 0 saturated heterocycles. The molecule has 0 N–H and O–H groups in total. The largest absolute Gasteiger partial charge is 0.0884 e. The van der Waals surface area contributed by atoms with Crippen LogP contribution in [0.1, 0.15) is 17.9 Å². The molecule has 0 radical (unpaired) electrons. The number of halogens is 3. The average molecular weight is 266 g/mol. The van der Waals surface area contributed by atoms with E-state index >= 15 is 0 Å². The number of rotatable bonds is 1. The SMILES string of the molecule is Clc1ccc(C2CC2Br)cc1Cl. The molecule has 1 fully saturated rings. The van der Waals surface area contributed by atoms with Crippen LogP contribution in [0, 0.1) is 0 Å². The molecular weight excluding hydrogens is 259 g/mol. The summed E-state index contributed by atoms with van der Waals surface area (Å²) < 4.78 is 0. The van der Waals surface area contributed by atoms with Gasteiger partial charge in [-0.1, -0.05) is 45.2 Å². The predicted molar refractivity (Wildman–Crippen MR) is 56.5 cm³/mol. The van der Waals surface area contributed by atoms with E-state index in [1.54, 1.807) is 0 Å². The molecule has 64 valence electrons. The second-order valence-corrected chi connectivity index (χ2v) is 5.02. The van der Waals surface area contributed by atoms with Crippen molar-refractivity contribution in [1.82, 2.24) is 0 Å². The fourth-order valence-corrected chi connectivity index (χ4v) is 2.27. The first-order valence-corrected chi connectivity index (χ1v) is 5.44. The van der Waals surface area contributed by atoms with E-state index in [2.05, 4.69) is 15.9 Å². The summed E-state index contributed by atoms with van der Waals surface area (Å²) in [6.07, 6.45) is 1.21. The third kappa shape index (κ3) is 1.63. The molecule has 0 spiro atoms. The highest BCUT2D eigenvalue weighted by Crippen LogP contribution is 2.47. The summed E-state index contributed by atoms with van der Waals surface area (Å²) >= 11 is 15.2. The van der Waals surface area contributed by atoms with Crippen molar-refractivity contribution >= 4 is 39.1 Å². The van der Waals surface area contributed by atoms with Gasteiger partial charge in [-0.25, -0.2) is 0 Å². The maximum absolute atomic E-state index is 5.89. The predicted octanol–water partition coefficient (Wildman–Crippen LogP) is 4.24. The zero-order chi connectivity index (χ0) is 8.72. The second kappa shape index (κ2) is 3.21. The first-order chi connectivity index (χ1) is 5.68. The van der Waals surface area contributed by atoms with Crippen molar-refractivity contribution in [2.75, 3.05) is 0 Å². The van der Waals surface area contributed by atoms with Crippen LogP contribution in [0.3, 0.4) is 0 Å². The third-order valence-electron chi connectivity index (χ3n) is 2.08. The molecule has 3 heteroatoms. The molecule has 2 atom stereocenters. The number of hydrogen-bond acceptors (Lipinski definition) is 0. The molecule has 12 heavy (non-hydrogen) atoms. The van der Waals surface area contributed by atoms with Gasteiger partial charge in [0.1, 0.15) is 0 Å². The van der Waals surface area contributed by atoms with Gasteiger partial charge in [-0.2, -0.15) is 0 Å². The topological polar surface area (TPSA) is 0 Å². The van der Waals surface area contributed by atoms with Crippen molar-refractivity contribution < 1.29 is 0 Å². The van der Waals surface area contributed by atoms with Crippen LogP contribution >= 0.6 is 39.1 Å². The molecule has 1 aromatic carbocycles. The molecule has 0 amide bonds. The summed E-state index contributed by atoms with van der Waals surface area (Å²) in [4.78, 5) is 0.634. The van der Waals surface area contributed by atoms with Gasteiger partial charge in [0.05, 0.1) is 10.0 Å². The molecular formula is C9H7BrCl2. The zero-order valence-electron chi connectivity index (χ0n) is 6.23. The minimum absolute atomic E-state index is 0.632. The van der Waals surface area contributed by atoms with E-state index in [9.17, 15) is 0 Å². The highest BCUT2D eigenvalue weighted by molar-refractivity contribution is 9.09. The number of alkyl halides is 1. The summed E-state index contributed by atoms with van der Waals surface area (Å²) in [7, 11) is 0. The molecule has 1 saturated carbocycles. The van der Waals surface area contributed by atoms with E-state index in [-0.39, 0.29) is 0 Å². The Morgan fingerprint density at radius 1 is 1.25 bits per heavy atom. The summed E-state index contributed by atoms with van der Waals surface area (Å²) in [5, 5.41) is 1.29. The van der Waals surface area contributed by atoms with Crippen molar-refractivity contribution in [3.8, 4) is 0 Å². The monoisotopic (exact) mass is 264 g/mol. The molecule has 2 unspecified atom stereocenters. The van der Waals surface area contributed by atoms with E-state index in [1.807, 2.05) is 18.2 Å². The smallest absolute Gasteiger partial charge is 0.0595 e. The normalized spacial score (nSPS) is 27.2. The van der Waals surface area contributed by atoms with Crippen LogP contribution < -0.4 is 0 Å². The molecule has 1 aliphatic carbocycles. The maximum atomic E-state index is 5.89. The molecule has 0 bridgehead atoms. The Morgan fingerprint density at radius 2 is 1.92 bits per heavy atom. The number of benzene rings is 1. The summed E-state index contributed by atoms with van der Waals surface area (Å²) in [5.74, 6) is 0.639. The third-order valence-corrected chi connectivity index (χ3v) is 3.84. The van der Waals surface area contributed by atoms with Gasteiger partial charge in [0, 0.05) is 4.83 Å². The van der Waals surface area contributed by atoms with Crippen LogP contribution in [-0.2, 0) is 0 Å². The van der Waals surface area contributed by atoms with Crippen molar-refractivity contribution in [3.05, 3.63) is 33.8 Å². The number of hydrogen-bond donors (Lipinski definition) is 0. The van der Waals surface area contributed by atoms with E-state index < -0.39 is 0 Å².